The summed E-state index contributed by atoms with van der Waals surface area (Å²) in [5.74, 6) is 0. The van der Waals surface area contributed by atoms with Gasteiger partial charge in [0.2, 0.25) is 0 Å². The third kappa shape index (κ3) is 4.82. The highest BCUT2D eigenvalue weighted by Gasteiger charge is 1.90. The first-order chi connectivity index (χ1) is 6.93. The summed E-state index contributed by atoms with van der Waals surface area (Å²) < 4.78 is 5.37. The van der Waals surface area contributed by atoms with Gasteiger partial charge in [0.1, 0.15) is 0 Å². The zero-order valence-corrected chi connectivity index (χ0v) is 8.70. The standard InChI is InChI=1S/C11H18N2O/c1-2-9-14-10-3-6-13-11-4-7-12-8-5-11/h4-5,7-8H,2-3,6,9-10H2,1H3,(H,12,13). The van der Waals surface area contributed by atoms with Gasteiger partial charge in [0, 0.05) is 37.8 Å². The molecule has 0 saturated carbocycles. The van der Waals surface area contributed by atoms with Crippen molar-refractivity contribution in [3.05, 3.63) is 24.5 Å². The van der Waals surface area contributed by atoms with Crippen molar-refractivity contribution in [2.45, 2.75) is 19.8 Å². The van der Waals surface area contributed by atoms with Gasteiger partial charge in [-0.3, -0.25) is 4.98 Å². The molecule has 0 bridgehead atoms. The number of hydrogen-bond acceptors (Lipinski definition) is 3. The molecule has 0 aliphatic heterocycles. The zero-order valence-electron chi connectivity index (χ0n) is 8.70. The number of ether oxygens (including phenoxy) is 1. The lowest BCUT2D eigenvalue weighted by Crippen LogP contribution is -2.05. The Kier molecular flexibility index (Phi) is 5.75. The Labute approximate surface area is 85.5 Å². The van der Waals surface area contributed by atoms with E-state index in [0.29, 0.717) is 0 Å². The van der Waals surface area contributed by atoms with Crippen LogP contribution in [0.4, 0.5) is 5.69 Å². The van der Waals surface area contributed by atoms with Gasteiger partial charge in [-0.1, -0.05) is 6.92 Å². The molecule has 0 saturated heterocycles. The van der Waals surface area contributed by atoms with E-state index in [2.05, 4.69) is 17.2 Å². The van der Waals surface area contributed by atoms with Crippen molar-refractivity contribution in [1.29, 1.82) is 0 Å². The molecule has 1 rings (SSSR count). The molecule has 1 N–H and O–H groups in total. The Morgan fingerprint density at radius 1 is 1.29 bits per heavy atom. The van der Waals surface area contributed by atoms with Crippen molar-refractivity contribution >= 4 is 5.69 Å². The van der Waals surface area contributed by atoms with Crippen LogP contribution in [-0.4, -0.2) is 24.7 Å². The topological polar surface area (TPSA) is 34.1 Å². The zero-order chi connectivity index (χ0) is 10.1. The van der Waals surface area contributed by atoms with E-state index in [1.54, 1.807) is 12.4 Å². The van der Waals surface area contributed by atoms with Crippen molar-refractivity contribution in [3.8, 4) is 0 Å². The highest BCUT2D eigenvalue weighted by molar-refractivity contribution is 5.40. The molecule has 14 heavy (non-hydrogen) atoms. The Hall–Kier alpha value is -1.09. The lowest BCUT2D eigenvalue weighted by atomic mass is 10.4. The normalized spacial score (nSPS) is 10.1. The van der Waals surface area contributed by atoms with E-state index in [0.717, 1.165) is 38.3 Å². The number of pyridine rings is 1. The summed E-state index contributed by atoms with van der Waals surface area (Å²) in [7, 11) is 0. The minimum absolute atomic E-state index is 0.839. The van der Waals surface area contributed by atoms with E-state index in [9.17, 15) is 0 Å². The maximum atomic E-state index is 5.37. The molecule has 3 nitrogen and oxygen atoms in total. The van der Waals surface area contributed by atoms with Gasteiger partial charge in [0.15, 0.2) is 0 Å². The van der Waals surface area contributed by atoms with Crippen molar-refractivity contribution < 1.29 is 4.74 Å². The minimum atomic E-state index is 0.839. The summed E-state index contributed by atoms with van der Waals surface area (Å²) in [4.78, 5) is 3.95. The van der Waals surface area contributed by atoms with Crippen molar-refractivity contribution in [2.24, 2.45) is 0 Å². The maximum Gasteiger partial charge on any atom is 0.0482 e. The molecule has 1 aromatic rings. The third-order valence-electron chi connectivity index (χ3n) is 1.82. The molecule has 0 spiro atoms. The lowest BCUT2D eigenvalue weighted by molar-refractivity contribution is 0.134. The summed E-state index contributed by atoms with van der Waals surface area (Å²) in [5, 5.41) is 3.30. The van der Waals surface area contributed by atoms with Crippen LogP contribution in [0.3, 0.4) is 0 Å². The van der Waals surface area contributed by atoms with Gasteiger partial charge < -0.3 is 10.1 Å². The van der Waals surface area contributed by atoms with Gasteiger partial charge in [-0.05, 0) is 25.0 Å². The van der Waals surface area contributed by atoms with Crippen LogP contribution in [0.1, 0.15) is 19.8 Å². The molecule has 0 fully saturated rings. The minimum Gasteiger partial charge on any atom is -0.385 e. The van der Waals surface area contributed by atoms with E-state index >= 15 is 0 Å². The number of rotatable bonds is 7. The number of nitrogens with one attached hydrogen (secondary N) is 1. The molecular formula is C11H18N2O. The quantitative estimate of drug-likeness (QED) is 0.676. The Balaban J connectivity index is 1.99. The summed E-state index contributed by atoms with van der Waals surface area (Å²) in [6, 6.07) is 3.93. The van der Waals surface area contributed by atoms with Crippen molar-refractivity contribution in [3.63, 3.8) is 0 Å². The van der Waals surface area contributed by atoms with E-state index in [-0.39, 0.29) is 0 Å². The molecule has 0 aliphatic rings. The second-order valence-electron chi connectivity index (χ2n) is 3.13. The van der Waals surface area contributed by atoms with Crippen molar-refractivity contribution in [2.75, 3.05) is 25.1 Å². The van der Waals surface area contributed by atoms with Crippen LogP contribution < -0.4 is 5.32 Å². The van der Waals surface area contributed by atoms with E-state index in [1.807, 2.05) is 12.1 Å². The molecule has 0 aromatic carbocycles. The summed E-state index contributed by atoms with van der Waals surface area (Å²) >= 11 is 0. The van der Waals surface area contributed by atoms with Crippen LogP contribution in [-0.2, 0) is 4.74 Å². The molecule has 0 amide bonds. The second-order valence-corrected chi connectivity index (χ2v) is 3.13. The van der Waals surface area contributed by atoms with Crippen LogP contribution in [0.15, 0.2) is 24.5 Å². The number of anilines is 1. The maximum absolute atomic E-state index is 5.37. The first kappa shape index (κ1) is 11.0. The summed E-state index contributed by atoms with van der Waals surface area (Å²) in [6.07, 6.45) is 5.71. The first-order valence-corrected chi connectivity index (χ1v) is 5.15. The number of aromatic nitrogens is 1. The lowest BCUT2D eigenvalue weighted by Gasteiger charge is -2.05. The fourth-order valence-corrected chi connectivity index (χ4v) is 1.12. The average molecular weight is 194 g/mol. The van der Waals surface area contributed by atoms with Crippen LogP contribution in [0.5, 0.6) is 0 Å². The summed E-state index contributed by atoms with van der Waals surface area (Å²) in [6.45, 7) is 4.78. The average Bonchev–Trinajstić information content (AvgIpc) is 2.25. The summed E-state index contributed by atoms with van der Waals surface area (Å²) in [5.41, 5.74) is 1.12. The number of nitrogens with zero attached hydrogens (tertiary/aromatic N) is 1. The molecule has 0 radical (unpaired) electrons. The molecule has 0 unspecified atom stereocenters. The van der Waals surface area contributed by atoms with E-state index in [1.165, 1.54) is 0 Å². The molecule has 0 atom stereocenters. The van der Waals surface area contributed by atoms with Crippen LogP contribution in [0, 0.1) is 0 Å². The molecule has 78 valence electrons. The predicted octanol–water partition coefficient (Wildman–Crippen LogP) is 2.31. The van der Waals surface area contributed by atoms with Gasteiger partial charge in [-0.15, -0.1) is 0 Å². The fraction of sp³-hybridized carbons (Fsp3) is 0.545. The fourth-order valence-electron chi connectivity index (χ4n) is 1.12. The van der Waals surface area contributed by atoms with Crippen LogP contribution in [0.25, 0.3) is 0 Å². The molecular weight excluding hydrogens is 176 g/mol. The Bertz CT molecular complexity index is 226. The van der Waals surface area contributed by atoms with Crippen LogP contribution in [0.2, 0.25) is 0 Å². The Morgan fingerprint density at radius 3 is 2.79 bits per heavy atom. The molecule has 1 heterocycles. The van der Waals surface area contributed by atoms with Crippen LogP contribution >= 0.6 is 0 Å². The van der Waals surface area contributed by atoms with Gasteiger partial charge in [0.25, 0.3) is 0 Å². The van der Waals surface area contributed by atoms with Gasteiger partial charge >= 0.3 is 0 Å². The van der Waals surface area contributed by atoms with E-state index < -0.39 is 0 Å². The molecule has 3 heteroatoms. The molecule has 0 aliphatic carbocycles. The smallest absolute Gasteiger partial charge is 0.0482 e. The Morgan fingerprint density at radius 2 is 2.07 bits per heavy atom. The van der Waals surface area contributed by atoms with Crippen molar-refractivity contribution in [1.82, 2.24) is 4.98 Å². The first-order valence-electron chi connectivity index (χ1n) is 5.15. The SMILES string of the molecule is CCCOCCCNc1ccncc1. The highest BCUT2D eigenvalue weighted by Crippen LogP contribution is 2.02. The highest BCUT2D eigenvalue weighted by atomic mass is 16.5. The second kappa shape index (κ2) is 7.33. The van der Waals surface area contributed by atoms with Gasteiger partial charge in [-0.25, -0.2) is 0 Å². The number of hydrogen-bond donors (Lipinski definition) is 1. The monoisotopic (exact) mass is 194 g/mol. The molecule has 1 aromatic heterocycles. The van der Waals surface area contributed by atoms with E-state index in [4.69, 9.17) is 4.74 Å². The van der Waals surface area contributed by atoms with Gasteiger partial charge in [0.05, 0.1) is 0 Å². The van der Waals surface area contributed by atoms with Gasteiger partial charge in [-0.2, -0.15) is 0 Å². The largest absolute Gasteiger partial charge is 0.385 e. The predicted molar refractivity (Wildman–Crippen MR) is 58.5 cm³/mol. The third-order valence-corrected chi connectivity index (χ3v) is 1.82.